The highest BCUT2D eigenvalue weighted by Gasteiger charge is 2.28. The first-order valence-electron chi connectivity index (χ1n) is 8.76. The topological polar surface area (TPSA) is 75.4 Å². The summed E-state index contributed by atoms with van der Waals surface area (Å²) >= 11 is 5.74. The molecule has 0 bridgehead atoms. The van der Waals surface area contributed by atoms with Crippen LogP contribution in [0.15, 0.2) is 36.4 Å². The molecule has 28 heavy (non-hydrogen) atoms. The van der Waals surface area contributed by atoms with Crippen molar-refractivity contribution in [3.05, 3.63) is 58.4 Å². The normalized spacial score (nSPS) is 14.3. The minimum Gasteiger partial charge on any atom is -0.399 e. The minimum atomic E-state index is -0.529. The molecule has 1 saturated heterocycles. The van der Waals surface area contributed by atoms with Gasteiger partial charge < -0.3 is 16.0 Å². The number of benzene rings is 2. The number of piperidine rings is 1. The number of nitrogens with zero attached hydrogens (tertiary/aromatic N) is 1. The Morgan fingerprint density at radius 1 is 1.18 bits per heavy atom. The molecule has 0 spiro atoms. The third-order valence-corrected chi connectivity index (χ3v) is 5.12. The number of nitrogens with two attached hydrogens (primary N) is 1. The molecule has 1 aliphatic heterocycles. The molecule has 1 heterocycles. The number of nitrogen functional groups attached to an aromatic ring is 1. The Morgan fingerprint density at radius 2 is 1.86 bits per heavy atom. The number of carbonyl (C=O) groups excluding carboxylic acids is 2. The van der Waals surface area contributed by atoms with Gasteiger partial charge in [0.25, 0.3) is 5.91 Å². The van der Waals surface area contributed by atoms with Gasteiger partial charge in [-0.1, -0.05) is 17.7 Å². The molecule has 3 N–H and O–H groups in total. The lowest BCUT2D eigenvalue weighted by molar-refractivity contribution is -0.121. The fourth-order valence-electron chi connectivity index (χ4n) is 3.20. The molecule has 0 aromatic heterocycles. The molecule has 3 rings (SSSR count). The summed E-state index contributed by atoms with van der Waals surface area (Å²) in [6.07, 6.45) is 1.13. The molecule has 0 radical (unpaired) electrons. The highest BCUT2D eigenvalue weighted by molar-refractivity contribution is 6.31. The third-order valence-electron chi connectivity index (χ3n) is 4.83. The van der Waals surface area contributed by atoms with Crippen LogP contribution in [0, 0.1) is 18.7 Å². The van der Waals surface area contributed by atoms with Crippen molar-refractivity contribution in [2.45, 2.75) is 19.8 Å². The molecule has 5 nitrogen and oxygen atoms in total. The maximum Gasteiger partial charge on any atom is 0.254 e. The van der Waals surface area contributed by atoms with Crippen LogP contribution in [0.4, 0.5) is 15.8 Å². The molecular formula is C20H22Cl2FN3O2. The highest BCUT2D eigenvalue weighted by Crippen LogP contribution is 2.24. The van der Waals surface area contributed by atoms with Crippen molar-refractivity contribution >= 4 is 47.2 Å². The maximum absolute atomic E-state index is 13.2. The molecule has 1 fully saturated rings. The predicted octanol–water partition coefficient (Wildman–Crippen LogP) is 4.28. The summed E-state index contributed by atoms with van der Waals surface area (Å²) in [5.74, 6) is -0.952. The lowest BCUT2D eigenvalue weighted by Gasteiger charge is -2.31. The Morgan fingerprint density at radius 3 is 2.50 bits per heavy atom. The molecule has 2 aromatic rings. The van der Waals surface area contributed by atoms with Crippen molar-refractivity contribution in [2.24, 2.45) is 5.92 Å². The zero-order valence-electron chi connectivity index (χ0n) is 15.4. The summed E-state index contributed by atoms with van der Waals surface area (Å²) in [4.78, 5) is 26.9. The second kappa shape index (κ2) is 9.26. The first-order chi connectivity index (χ1) is 12.8. The average Bonchev–Trinajstić information content (AvgIpc) is 2.66. The van der Waals surface area contributed by atoms with Crippen LogP contribution in [0.5, 0.6) is 0 Å². The number of hydrogen-bond donors (Lipinski definition) is 2. The van der Waals surface area contributed by atoms with Crippen LogP contribution in [-0.4, -0.2) is 29.8 Å². The number of nitrogens with one attached hydrogen (secondary N) is 1. The molecule has 0 atom stereocenters. The van der Waals surface area contributed by atoms with Crippen molar-refractivity contribution in [1.82, 2.24) is 4.90 Å². The first kappa shape index (κ1) is 22.0. The monoisotopic (exact) mass is 425 g/mol. The molecule has 2 amide bonds. The zero-order valence-corrected chi connectivity index (χ0v) is 16.9. The third kappa shape index (κ3) is 4.94. The van der Waals surface area contributed by atoms with Crippen molar-refractivity contribution in [3.8, 4) is 0 Å². The van der Waals surface area contributed by atoms with Gasteiger partial charge in [0.2, 0.25) is 5.91 Å². The van der Waals surface area contributed by atoms with Gasteiger partial charge in [-0.25, -0.2) is 4.39 Å². The van der Waals surface area contributed by atoms with Crippen molar-refractivity contribution in [1.29, 1.82) is 0 Å². The van der Waals surface area contributed by atoms with Gasteiger partial charge in [-0.05, 0) is 55.7 Å². The van der Waals surface area contributed by atoms with E-state index in [2.05, 4.69) is 5.32 Å². The molecular weight excluding hydrogens is 404 g/mol. The Bertz CT molecular complexity index is 884. The van der Waals surface area contributed by atoms with Crippen LogP contribution in [0.2, 0.25) is 5.02 Å². The second-order valence-corrected chi connectivity index (χ2v) is 7.17. The zero-order chi connectivity index (χ0) is 19.6. The maximum atomic E-state index is 13.2. The van der Waals surface area contributed by atoms with E-state index in [9.17, 15) is 14.0 Å². The summed E-state index contributed by atoms with van der Waals surface area (Å²) in [7, 11) is 0. The summed E-state index contributed by atoms with van der Waals surface area (Å²) in [5, 5.41) is 2.73. The van der Waals surface area contributed by atoms with Gasteiger partial charge in [-0.15, -0.1) is 12.4 Å². The highest BCUT2D eigenvalue weighted by atomic mass is 35.5. The molecule has 8 heteroatoms. The smallest absolute Gasteiger partial charge is 0.254 e. The van der Waals surface area contributed by atoms with E-state index in [-0.39, 0.29) is 35.2 Å². The van der Waals surface area contributed by atoms with Crippen LogP contribution in [0.1, 0.15) is 28.8 Å². The lowest BCUT2D eigenvalue weighted by Crippen LogP contribution is -2.41. The fourth-order valence-corrected chi connectivity index (χ4v) is 3.38. The van der Waals surface area contributed by atoms with E-state index in [0.29, 0.717) is 42.9 Å². The Kier molecular flexibility index (Phi) is 7.27. The van der Waals surface area contributed by atoms with Gasteiger partial charge in [0.05, 0.1) is 5.02 Å². The van der Waals surface area contributed by atoms with E-state index in [4.69, 9.17) is 17.3 Å². The van der Waals surface area contributed by atoms with Crippen molar-refractivity contribution in [3.63, 3.8) is 0 Å². The van der Waals surface area contributed by atoms with Gasteiger partial charge in [0, 0.05) is 35.9 Å². The molecule has 2 aromatic carbocycles. The SMILES string of the molecule is Cc1ccc(N)cc1C(=O)N1CCC(C(=O)Nc2ccc(F)c(Cl)c2)CC1.Cl. The van der Waals surface area contributed by atoms with Gasteiger partial charge in [-0.2, -0.15) is 0 Å². The molecule has 0 aliphatic carbocycles. The Labute approximate surface area is 174 Å². The molecule has 1 aliphatic rings. The van der Waals surface area contributed by atoms with E-state index < -0.39 is 5.82 Å². The van der Waals surface area contributed by atoms with Gasteiger partial charge in [-0.3, -0.25) is 9.59 Å². The number of anilines is 2. The van der Waals surface area contributed by atoms with Crippen LogP contribution in [-0.2, 0) is 4.79 Å². The summed E-state index contributed by atoms with van der Waals surface area (Å²) in [6, 6.07) is 9.36. The van der Waals surface area contributed by atoms with E-state index in [1.807, 2.05) is 13.0 Å². The van der Waals surface area contributed by atoms with Gasteiger partial charge >= 0.3 is 0 Å². The van der Waals surface area contributed by atoms with E-state index in [1.54, 1.807) is 17.0 Å². The van der Waals surface area contributed by atoms with Crippen LogP contribution < -0.4 is 11.1 Å². The standard InChI is InChI=1S/C20H21ClFN3O2.ClH/c1-12-2-3-14(23)10-16(12)20(27)25-8-6-13(7-9-25)19(26)24-15-4-5-18(22)17(21)11-15;/h2-5,10-11,13H,6-9,23H2,1H3,(H,24,26);1H. The fraction of sp³-hybridized carbons (Fsp3) is 0.300. The first-order valence-corrected chi connectivity index (χ1v) is 9.14. The molecule has 0 unspecified atom stereocenters. The van der Waals surface area contributed by atoms with Crippen LogP contribution in [0.25, 0.3) is 0 Å². The number of halogens is 3. The largest absolute Gasteiger partial charge is 0.399 e. The van der Waals surface area contributed by atoms with Crippen LogP contribution in [0.3, 0.4) is 0 Å². The van der Waals surface area contributed by atoms with E-state index in [1.165, 1.54) is 18.2 Å². The average molecular weight is 426 g/mol. The van der Waals surface area contributed by atoms with E-state index >= 15 is 0 Å². The molecule has 150 valence electrons. The summed E-state index contributed by atoms with van der Waals surface area (Å²) in [5.41, 5.74) is 8.28. The predicted molar refractivity (Wildman–Crippen MR) is 112 cm³/mol. The number of amides is 2. The number of likely N-dealkylation sites (tertiary alicyclic amines) is 1. The Balaban J connectivity index is 0.00000280. The van der Waals surface area contributed by atoms with Gasteiger partial charge in [0.15, 0.2) is 0 Å². The number of hydrogen-bond acceptors (Lipinski definition) is 3. The quantitative estimate of drug-likeness (QED) is 0.720. The summed E-state index contributed by atoms with van der Waals surface area (Å²) in [6.45, 7) is 2.87. The second-order valence-electron chi connectivity index (χ2n) is 6.76. The van der Waals surface area contributed by atoms with E-state index in [0.717, 1.165) is 5.56 Å². The Hall–Kier alpha value is -2.31. The van der Waals surface area contributed by atoms with Crippen molar-refractivity contribution < 1.29 is 14.0 Å². The van der Waals surface area contributed by atoms with Crippen molar-refractivity contribution in [2.75, 3.05) is 24.1 Å². The summed E-state index contributed by atoms with van der Waals surface area (Å²) < 4.78 is 13.2. The van der Waals surface area contributed by atoms with Gasteiger partial charge in [0.1, 0.15) is 5.82 Å². The number of carbonyl (C=O) groups is 2. The number of aryl methyl sites for hydroxylation is 1. The number of rotatable bonds is 3. The minimum absolute atomic E-state index is 0. The van der Waals surface area contributed by atoms with Crippen LogP contribution >= 0.6 is 24.0 Å². The molecule has 0 saturated carbocycles. The lowest BCUT2D eigenvalue weighted by atomic mass is 9.95.